The molecule has 0 aliphatic carbocycles. The standard InChI is InChI=1S/C25H28N2O4S/c1-19(21-10-6-4-7-11-21)18-26-25(28)20(2)27(32(3,29)30)22-14-16-24(17-15-22)31-23-12-8-5-9-13-23/h4-17,19-20H,18H2,1-3H3,(H,26,28)/t19-,20+/m1/s1. The van der Waals surface area contributed by atoms with Gasteiger partial charge in [-0.1, -0.05) is 55.5 Å². The zero-order valence-electron chi connectivity index (χ0n) is 18.4. The summed E-state index contributed by atoms with van der Waals surface area (Å²) in [6.45, 7) is 4.01. The van der Waals surface area contributed by atoms with E-state index in [2.05, 4.69) is 5.32 Å². The van der Waals surface area contributed by atoms with Crippen LogP contribution in [0.4, 0.5) is 5.69 Å². The van der Waals surface area contributed by atoms with Crippen molar-refractivity contribution in [3.8, 4) is 11.5 Å². The summed E-state index contributed by atoms with van der Waals surface area (Å²) >= 11 is 0. The maximum atomic E-state index is 12.8. The summed E-state index contributed by atoms with van der Waals surface area (Å²) in [6, 6.07) is 24.9. The van der Waals surface area contributed by atoms with Crippen molar-refractivity contribution in [3.05, 3.63) is 90.5 Å². The fourth-order valence-electron chi connectivity index (χ4n) is 3.40. The van der Waals surface area contributed by atoms with Crippen LogP contribution < -0.4 is 14.4 Å². The normalized spacial score (nSPS) is 13.1. The molecule has 3 aromatic rings. The minimum atomic E-state index is -3.69. The third-order valence-corrected chi connectivity index (χ3v) is 6.35. The van der Waals surface area contributed by atoms with E-state index in [0.717, 1.165) is 16.1 Å². The number of carbonyl (C=O) groups is 1. The highest BCUT2D eigenvalue weighted by Crippen LogP contribution is 2.27. The molecule has 7 heteroatoms. The van der Waals surface area contributed by atoms with Gasteiger partial charge in [0.1, 0.15) is 17.5 Å². The number of hydrogen-bond donors (Lipinski definition) is 1. The summed E-state index contributed by atoms with van der Waals surface area (Å²) in [7, 11) is -3.69. The number of nitrogens with one attached hydrogen (secondary N) is 1. The van der Waals surface area contributed by atoms with E-state index in [1.807, 2.05) is 67.6 Å². The summed E-state index contributed by atoms with van der Waals surface area (Å²) in [4.78, 5) is 12.8. The number of nitrogens with zero attached hydrogens (tertiary/aromatic N) is 1. The lowest BCUT2D eigenvalue weighted by atomic mass is 10.0. The average Bonchev–Trinajstić information content (AvgIpc) is 2.79. The van der Waals surface area contributed by atoms with Gasteiger partial charge in [-0.15, -0.1) is 0 Å². The monoisotopic (exact) mass is 452 g/mol. The molecule has 168 valence electrons. The van der Waals surface area contributed by atoms with Crippen molar-refractivity contribution >= 4 is 21.6 Å². The van der Waals surface area contributed by atoms with E-state index in [1.54, 1.807) is 31.2 Å². The Hall–Kier alpha value is -3.32. The average molecular weight is 453 g/mol. The van der Waals surface area contributed by atoms with Crippen LogP contribution in [-0.4, -0.2) is 33.2 Å². The summed E-state index contributed by atoms with van der Waals surface area (Å²) in [5, 5.41) is 2.88. The summed E-state index contributed by atoms with van der Waals surface area (Å²) < 4.78 is 31.9. The molecule has 6 nitrogen and oxygen atoms in total. The number of amides is 1. The quantitative estimate of drug-likeness (QED) is 0.517. The van der Waals surface area contributed by atoms with Crippen molar-refractivity contribution in [1.29, 1.82) is 0 Å². The highest BCUT2D eigenvalue weighted by molar-refractivity contribution is 7.92. The minimum absolute atomic E-state index is 0.105. The Bertz CT molecular complexity index is 1120. The Labute approximate surface area is 189 Å². The molecule has 0 aliphatic rings. The smallest absolute Gasteiger partial charge is 0.243 e. The van der Waals surface area contributed by atoms with Gasteiger partial charge < -0.3 is 10.1 Å². The van der Waals surface area contributed by atoms with Crippen LogP contribution in [0.5, 0.6) is 11.5 Å². The van der Waals surface area contributed by atoms with E-state index in [0.29, 0.717) is 23.7 Å². The van der Waals surface area contributed by atoms with E-state index >= 15 is 0 Å². The van der Waals surface area contributed by atoms with E-state index in [9.17, 15) is 13.2 Å². The second kappa shape index (κ2) is 10.3. The third-order valence-electron chi connectivity index (χ3n) is 5.11. The van der Waals surface area contributed by atoms with Crippen molar-refractivity contribution in [2.75, 3.05) is 17.1 Å². The fourth-order valence-corrected chi connectivity index (χ4v) is 4.57. The maximum absolute atomic E-state index is 12.8. The van der Waals surface area contributed by atoms with E-state index in [-0.39, 0.29) is 11.8 Å². The molecular formula is C25H28N2O4S. The van der Waals surface area contributed by atoms with Gasteiger partial charge in [0, 0.05) is 6.54 Å². The van der Waals surface area contributed by atoms with Crippen LogP contribution >= 0.6 is 0 Å². The predicted molar refractivity (Wildman–Crippen MR) is 128 cm³/mol. The molecule has 0 fully saturated rings. The Morgan fingerprint density at radius 3 is 1.97 bits per heavy atom. The lowest BCUT2D eigenvalue weighted by Crippen LogP contribution is -2.48. The van der Waals surface area contributed by atoms with Crippen molar-refractivity contribution in [2.45, 2.75) is 25.8 Å². The zero-order chi connectivity index (χ0) is 23.1. The van der Waals surface area contributed by atoms with Gasteiger partial charge in [0.25, 0.3) is 0 Å². The topological polar surface area (TPSA) is 75.7 Å². The molecule has 0 saturated carbocycles. The van der Waals surface area contributed by atoms with Crippen LogP contribution in [0.25, 0.3) is 0 Å². The largest absolute Gasteiger partial charge is 0.457 e. The molecule has 3 rings (SSSR count). The number of carbonyl (C=O) groups excluding carboxylic acids is 1. The molecule has 2 atom stereocenters. The minimum Gasteiger partial charge on any atom is -0.457 e. The second-order valence-corrected chi connectivity index (χ2v) is 9.56. The summed E-state index contributed by atoms with van der Waals surface area (Å²) in [5.41, 5.74) is 1.50. The molecule has 0 spiro atoms. The maximum Gasteiger partial charge on any atom is 0.243 e. The molecule has 0 aromatic heterocycles. The SMILES string of the molecule is C[C@H](CNC(=O)[C@H](C)N(c1ccc(Oc2ccccc2)cc1)S(C)(=O)=O)c1ccccc1. The molecule has 32 heavy (non-hydrogen) atoms. The van der Waals surface area contributed by atoms with Crippen LogP contribution in [0, 0.1) is 0 Å². The number of sulfonamides is 1. The van der Waals surface area contributed by atoms with E-state index < -0.39 is 16.1 Å². The first kappa shape index (κ1) is 23.3. The van der Waals surface area contributed by atoms with Gasteiger partial charge >= 0.3 is 0 Å². The lowest BCUT2D eigenvalue weighted by molar-refractivity contribution is -0.121. The molecule has 0 radical (unpaired) electrons. The van der Waals surface area contributed by atoms with Gasteiger partial charge in [0.2, 0.25) is 15.9 Å². The first-order valence-electron chi connectivity index (χ1n) is 10.4. The highest BCUT2D eigenvalue weighted by Gasteiger charge is 2.29. The van der Waals surface area contributed by atoms with Gasteiger partial charge in [-0.3, -0.25) is 9.10 Å². The number of benzene rings is 3. The van der Waals surface area contributed by atoms with E-state index in [1.165, 1.54) is 0 Å². The van der Waals surface area contributed by atoms with Gasteiger partial charge in [0.05, 0.1) is 11.9 Å². The van der Waals surface area contributed by atoms with Crippen LogP contribution in [-0.2, 0) is 14.8 Å². The van der Waals surface area contributed by atoms with Crippen molar-refractivity contribution in [2.24, 2.45) is 0 Å². The number of hydrogen-bond acceptors (Lipinski definition) is 4. The first-order chi connectivity index (χ1) is 15.3. The molecule has 0 unspecified atom stereocenters. The van der Waals surface area contributed by atoms with E-state index in [4.69, 9.17) is 4.74 Å². The number of anilines is 1. The molecule has 3 aromatic carbocycles. The van der Waals surface area contributed by atoms with Crippen LogP contribution in [0.15, 0.2) is 84.9 Å². The van der Waals surface area contributed by atoms with Gasteiger partial charge in [-0.2, -0.15) is 0 Å². The highest BCUT2D eigenvalue weighted by atomic mass is 32.2. The van der Waals surface area contributed by atoms with Crippen molar-refractivity contribution < 1.29 is 17.9 Å². The zero-order valence-corrected chi connectivity index (χ0v) is 19.2. The Morgan fingerprint density at radius 2 is 1.41 bits per heavy atom. The van der Waals surface area contributed by atoms with Crippen molar-refractivity contribution in [1.82, 2.24) is 5.32 Å². The summed E-state index contributed by atoms with van der Waals surface area (Å²) in [5.74, 6) is 0.999. The van der Waals surface area contributed by atoms with Gasteiger partial charge in [-0.05, 0) is 54.8 Å². The number of ether oxygens (including phenoxy) is 1. The Morgan fingerprint density at radius 1 is 0.875 bits per heavy atom. The Kier molecular flexibility index (Phi) is 7.53. The first-order valence-corrected chi connectivity index (χ1v) is 12.3. The second-order valence-electron chi connectivity index (χ2n) is 7.70. The number of rotatable bonds is 9. The van der Waals surface area contributed by atoms with Gasteiger partial charge in [0.15, 0.2) is 0 Å². The molecular weight excluding hydrogens is 424 g/mol. The molecule has 0 aliphatic heterocycles. The van der Waals surface area contributed by atoms with Crippen molar-refractivity contribution in [3.63, 3.8) is 0 Å². The lowest BCUT2D eigenvalue weighted by Gasteiger charge is -2.28. The van der Waals surface area contributed by atoms with Crippen LogP contribution in [0.2, 0.25) is 0 Å². The molecule has 0 bridgehead atoms. The predicted octanol–water partition coefficient (Wildman–Crippen LogP) is 4.55. The number of para-hydroxylation sites is 1. The van der Waals surface area contributed by atoms with Gasteiger partial charge in [-0.25, -0.2) is 8.42 Å². The van der Waals surface area contributed by atoms with Crippen LogP contribution in [0.1, 0.15) is 25.3 Å². The van der Waals surface area contributed by atoms with Crippen LogP contribution in [0.3, 0.4) is 0 Å². The summed E-state index contributed by atoms with van der Waals surface area (Å²) in [6.07, 6.45) is 1.09. The Balaban J connectivity index is 1.70. The molecule has 0 heterocycles. The fraction of sp³-hybridized carbons (Fsp3) is 0.240. The molecule has 1 amide bonds. The third kappa shape index (κ3) is 6.11. The molecule has 1 N–H and O–H groups in total. The molecule has 0 saturated heterocycles.